The zero-order valence-corrected chi connectivity index (χ0v) is 19.5. The Morgan fingerprint density at radius 2 is 1.89 bits per heavy atom. The Hall–Kier alpha value is -4.36. The summed E-state index contributed by atoms with van der Waals surface area (Å²) in [6.45, 7) is 2.35. The number of nitrogens with one attached hydrogen (secondary N) is 1. The maximum atomic E-state index is 13.1. The molecule has 1 aromatic carbocycles. The molecule has 0 unspecified atom stereocenters. The van der Waals surface area contributed by atoms with Gasteiger partial charge in [0.05, 0.1) is 12.9 Å². The highest BCUT2D eigenvalue weighted by Gasteiger charge is 2.36. The average Bonchev–Trinajstić information content (AvgIpc) is 3.42. The van der Waals surface area contributed by atoms with Crippen LogP contribution in [0.25, 0.3) is 11.2 Å². The summed E-state index contributed by atoms with van der Waals surface area (Å²) in [5.41, 5.74) is -0.540. The number of hydrogen-bond donors (Lipinski definition) is 1. The van der Waals surface area contributed by atoms with Crippen molar-refractivity contribution >= 4 is 28.4 Å². The molecular formula is C22H22F3N7O4. The van der Waals surface area contributed by atoms with Gasteiger partial charge in [-0.25, -0.2) is 9.78 Å². The molecular weight excluding hydrogens is 483 g/mol. The van der Waals surface area contributed by atoms with Crippen LogP contribution in [0.5, 0.6) is 0 Å². The van der Waals surface area contributed by atoms with Gasteiger partial charge < -0.3 is 14.4 Å². The molecule has 0 aliphatic carbocycles. The third kappa shape index (κ3) is 4.74. The molecule has 11 nitrogen and oxygen atoms in total. The van der Waals surface area contributed by atoms with Gasteiger partial charge in [-0.1, -0.05) is 5.16 Å². The molecule has 1 N–H and O–H groups in total. The van der Waals surface area contributed by atoms with E-state index in [4.69, 9.17) is 4.52 Å². The highest BCUT2D eigenvalue weighted by atomic mass is 19.4. The van der Waals surface area contributed by atoms with Crippen molar-refractivity contribution in [2.75, 3.05) is 16.8 Å². The lowest BCUT2D eigenvalue weighted by Crippen LogP contribution is -2.40. The first-order valence-corrected chi connectivity index (χ1v) is 10.8. The van der Waals surface area contributed by atoms with Gasteiger partial charge in [0, 0.05) is 31.0 Å². The molecule has 0 atom stereocenters. The minimum Gasteiger partial charge on any atom is -0.361 e. The van der Waals surface area contributed by atoms with Crippen molar-refractivity contribution in [2.24, 2.45) is 7.05 Å². The number of amides is 1. The summed E-state index contributed by atoms with van der Waals surface area (Å²) in [5.74, 6) is -0.0244. The van der Waals surface area contributed by atoms with Crippen LogP contribution in [0.15, 0.2) is 50.8 Å². The maximum Gasteiger partial charge on any atom is 0.484 e. The van der Waals surface area contributed by atoms with E-state index in [-0.39, 0.29) is 47.1 Å². The molecule has 0 saturated carbocycles. The zero-order valence-electron chi connectivity index (χ0n) is 19.5. The largest absolute Gasteiger partial charge is 0.484 e. The number of aromatic nitrogens is 5. The summed E-state index contributed by atoms with van der Waals surface area (Å²) in [5, 5.41) is 6.39. The number of alkyl halides is 3. The lowest BCUT2D eigenvalue weighted by Gasteiger charge is -2.25. The minimum absolute atomic E-state index is 0.0339. The van der Waals surface area contributed by atoms with E-state index in [0.29, 0.717) is 11.5 Å². The van der Waals surface area contributed by atoms with Crippen LogP contribution < -0.4 is 21.5 Å². The van der Waals surface area contributed by atoms with Gasteiger partial charge in [0.25, 0.3) is 5.56 Å². The van der Waals surface area contributed by atoms with Crippen LogP contribution in [-0.4, -0.2) is 42.6 Å². The third-order valence-electron chi connectivity index (χ3n) is 5.50. The van der Waals surface area contributed by atoms with Crippen LogP contribution in [0, 0.1) is 6.92 Å². The molecule has 190 valence electrons. The maximum absolute atomic E-state index is 13.1. The van der Waals surface area contributed by atoms with E-state index in [2.05, 4.69) is 15.5 Å². The number of carbonyl (C=O) groups excluding carboxylic acids is 1. The van der Waals surface area contributed by atoms with E-state index in [0.717, 1.165) is 4.57 Å². The van der Waals surface area contributed by atoms with Crippen molar-refractivity contribution in [1.82, 2.24) is 23.8 Å². The fourth-order valence-electron chi connectivity index (χ4n) is 3.82. The first-order chi connectivity index (χ1) is 17.0. The van der Waals surface area contributed by atoms with Crippen molar-refractivity contribution in [1.29, 1.82) is 0 Å². The Balaban J connectivity index is 1.57. The van der Waals surface area contributed by atoms with E-state index >= 15 is 0 Å². The molecule has 4 rings (SSSR count). The molecule has 4 aromatic rings. The van der Waals surface area contributed by atoms with E-state index in [9.17, 15) is 27.6 Å². The summed E-state index contributed by atoms with van der Waals surface area (Å²) >= 11 is 0. The van der Waals surface area contributed by atoms with Crippen molar-refractivity contribution in [2.45, 2.75) is 33.2 Å². The van der Waals surface area contributed by atoms with Gasteiger partial charge in [0.1, 0.15) is 18.0 Å². The number of aryl methyl sites for hydroxylation is 2. The smallest absolute Gasteiger partial charge is 0.361 e. The van der Waals surface area contributed by atoms with Gasteiger partial charge in [-0.15, -0.1) is 0 Å². The number of carbonyl (C=O) groups is 1. The Bertz CT molecular complexity index is 1530. The molecule has 0 bridgehead atoms. The lowest BCUT2D eigenvalue weighted by atomic mass is 10.2. The van der Waals surface area contributed by atoms with Crippen molar-refractivity contribution in [3.8, 4) is 0 Å². The molecule has 14 heteroatoms. The zero-order chi connectivity index (χ0) is 26.2. The van der Waals surface area contributed by atoms with Crippen LogP contribution in [-0.2, 0) is 24.9 Å². The predicted octanol–water partition coefficient (Wildman–Crippen LogP) is 2.23. The van der Waals surface area contributed by atoms with Gasteiger partial charge in [-0.2, -0.15) is 13.2 Å². The monoisotopic (exact) mass is 505 g/mol. The number of halogens is 3. The molecule has 0 fully saturated rings. The molecule has 3 heterocycles. The summed E-state index contributed by atoms with van der Waals surface area (Å²) in [7, 11) is 1.45. The average molecular weight is 505 g/mol. The van der Waals surface area contributed by atoms with Crippen LogP contribution >= 0.6 is 0 Å². The fraction of sp³-hybridized carbons (Fsp3) is 0.318. The summed E-state index contributed by atoms with van der Waals surface area (Å²) < 4.78 is 47.7. The molecule has 0 aliphatic heterocycles. The van der Waals surface area contributed by atoms with Crippen molar-refractivity contribution in [3.63, 3.8) is 0 Å². The summed E-state index contributed by atoms with van der Waals surface area (Å²) in [4.78, 5) is 42.9. The highest BCUT2D eigenvalue weighted by molar-refractivity contribution is 5.91. The molecule has 0 radical (unpaired) electrons. The quantitative estimate of drug-likeness (QED) is 0.383. The van der Waals surface area contributed by atoms with Crippen molar-refractivity contribution in [3.05, 3.63) is 69.0 Å². The Morgan fingerprint density at radius 3 is 2.47 bits per heavy atom. The number of rotatable bonds is 7. The third-order valence-corrected chi connectivity index (χ3v) is 5.50. The van der Waals surface area contributed by atoms with Gasteiger partial charge in [0.2, 0.25) is 5.91 Å². The number of hydrogen-bond acceptors (Lipinski definition) is 7. The van der Waals surface area contributed by atoms with E-state index in [1.165, 1.54) is 53.7 Å². The number of benzene rings is 1. The number of anilines is 2. The van der Waals surface area contributed by atoms with Crippen LogP contribution in [0.2, 0.25) is 0 Å². The first-order valence-electron chi connectivity index (χ1n) is 10.8. The summed E-state index contributed by atoms with van der Waals surface area (Å²) in [6.07, 6.45) is -3.26. The van der Waals surface area contributed by atoms with E-state index < -0.39 is 23.5 Å². The Morgan fingerprint density at radius 1 is 1.19 bits per heavy atom. The Kier molecular flexibility index (Phi) is 6.43. The normalized spacial score (nSPS) is 11.7. The number of fused-ring (bicyclic) bond motifs is 1. The van der Waals surface area contributed by atoms with Crippen LogP contribution in [0.4, 0.5) is 24.5 Å². The molecule has 1 amide bonds. The SMILES string of the molecule is CCN(c1ccc(NC(=O)Cn2cnc3c2c(=O)n(Cc2cc(C)on2)c(=O)n3C)cc1)C(F)(F)F. The fourth-order valence-corrected chi connectivity index (χ4v) is 3.82. The van der Waals surface area contributed by atoms with E-state index in [1.807, 2.05) is 0 Å². The molecule has 3 aromatic heterocycles. The number of imidazole rings is 1. The second-order valence-corrected chi connectivity index (χ2v) is 8.01. The Labute approximate surface area is 201 Å². The molecule has 36 heavy (non-hydrogen) atoms. The second-order valence-electron chi connectivity index (χ2n) is 8.01. The van der Waals surface area contributed by atoms with Gasteiger partial charge in [0.15, 0.2) is 11.2 Å². The van der Waals surface area contributed by atoms with Gasteiger partial charge >= 0.3 is 12.0 Å². The van der Waals surface area contributed by atoms with Gasteiger partial charge in [-0.05, 0) is 38.1 Å². The van der Waals surface area contributed by atoms with Crippen molar-refractivity contribution < 1.29 is 22.5 Å². The van der Waals surface area contributed by atoms with E-state index in [1.54, 1.807) is 13.0 Å². The topological polar surface area (TPSA) is 120 Å². The molecule has 0 saturated heterocycles. The number of nitrogens with zero attached hydrogens (tertiary/aromatic N) is 6. The molecule has 0 aliphatic rings. The standard InChI is InChI=1S/C22H22F3N7O4/c1-4-32(22(23,24)25)16-7-5-14(6-8-16)27-17(33)11-30-12-26-19-18(30)20(34)31(21(35)29(19)3)10-15-9-13(2)36-28-15/h5-9,12H,4,10-11H2,1-3H3,(H,27,33). The van der Waals surface area contributed by atoms with Crippen LogP contribution in [0.3, 0.4) is 0 Å². The predicted molar refractivity (Wildman–Crippen MR) is 124 cm³/mol. The van der Waals surface area contributed by atoms with Gasteiger partial charge in [-0.3, -0.25) is 23.6 Å². The first kappa shape index (κ1) is 24.8. The lowest BCUT2D eigenvalue weighted by molar-refractivity contribution is -0.128. The van der Waals surface area contributed by atoms with Crippen LogP contribution in [0.1, 0.15) is 18.4 Å². The molecule has 0 spiro atoms. The summed E-state index contributed by atoms with van der Waals surface area (Å²) in [6, 6.07) is 6.80. The second kappa shape index (κ2) is 9.36. The minimum atomic E-state index is -4.53. The highest BCUT2D eigenvalue weighted by Crippen LogP contribution is 2.29.